The van der Waals surface area contributed by atoms with Crippen molar-refractivity contribution in [1.29, 1.82) is 0 Å². The summed E-state index contributed by atoms with van der Waals surface area (Å²) in [5.74, 6) is -0.900. The summed E-state index contributed by atoms with van der Waals surface area (Å²) in [5, 5.41) is 2.86. The Hall–Kier alpha value is -2.27. The zero-order chi connectivity index (χ0) is 14.1. The van der Waals surface area contributed by atoms with E-state index in [0.29, 0.717) is 0 Å². The van der Waals surface area contributed by atoms with Crippen molar-refractivity contribution in [1.82, 2.24) is 10.3 Å². The second kappa shape index (κ2) is 5.02. The molecule has 4 nitrogen and oxygen atoms in total. The number of benzene rings is 1. The molecule has 3 N–H and O–H groups in total. The van der Waals surface area contributed by atoms with Crippen LogP contribution in [0.1, 0.15) is 27.5 Å². The minimum absolute atomic E-state index is 0.169. The molecule has 2 unspecified atom stereocenters. The highest BCUT2D eigenvalue weighted by Gasteiger charge is 2.30. The van der Waals surface area contributed by atoms with Crippen LogP contribution in [0, 0.1) is 5.82 Å². The SMILES string of the molecule is NC1Cc2ccccc2C1NC(=O)c1cncc(F)c1. The van der Waals surface area contributed by atoms with Crippen molar-refractivity contribution < 1.29 is 9.18 Å². The normalized spacial score (nSPS) is 20.5. The first-order valence-corrected chi connectivity index (χ1v) is 6.40. The highest BCUT2D eigenvalue weighted by molar-refractivity contribution is 5.94. The van der Waals surface area contributed by atoms with Crippen LogP contribution in [0.2, 0.25) is 0 Å². The van der Waals surface area contributed by atoms with Crippen LogP contribution in [0.25, 0.3) is 0 Å². The van der Waals surface area contributed by atoms with Gasteiger partial charge in [-0.25, -0.2) is 4.39 Å². The first-order chi connectivity index (χ1) is 9.65. The maximum atomic E-state index is 13.1. The van der Waals surface area contributed by atoms with E-state index in [2.05, 4.69) is 10.3 Å². The predicted molar refractivity (Wildman–Crippen MR) is 72.5 cm³/mol. The van der Waals surface area contributed by atoms with Crippen LogP contribution >= 0.6 is 0 Å². The van der Waals surface area contributed by atoms with Gasteiger partial charge in [0, 0.05) is 12.2 Å². The summed E-state index contributed by atoms with van der Waals surface area (Å²) in [4.78, 5) is 15.8. The first-order valence-electron chi connectivity index (χ1n) is 6.40. The van der Waals surface area contributed by atoms with Crippen molar-refractivity contribution in [2.45, 2.75) is 18.5 Å². The molecule has 1 aromatic carbocycles. The third-order valence-corrected chi connectivity index (χ3v) is 3.53. The zero-order valence-corrected chi connectivity index (χ0v) is 10.7. The van der Waals surface area contributed by atoms with Crippen LogP contribution in [0.15, 0.2) is 42.7 Å². The molecule has 0 saturated heterocycles. The van der Waals surface area contributed by atoms with E-state index in [9.17, 15) is 9.18 Å². The predicted octanol–water partition coefficient (Wildman–Crippen LogP) is 1.58. The molecular formula is C15H14FN3O. The molecule has 5 heteroatoms. The van der Waals surface area contributed by atoms with Gasteiger partial charge in [0.15, 0.2) is 0 Å². The molecule has 20 heavy (non-hydrogen) atoms. The van der Waals surface area contributed by atoms with E-state index in [1.54, 1.807) is 0 Å². The summed E-state index contributed by atoms with van der Waals surface area (Å²) in [6.07, 6.45) is 3.13. The van der Waals surface area contributed by atoms with E-state index in [1.165, 1.54) is 6.20 Å². The van der Waals surface area contributed by atoms with Gasteiger partial charge < -0.3 is 11.1 Å². The van der Waals surface area contributed by atoms with E-state index >= 15 is 0 Å². The number of hydrogen-bond acceptors (Lipinski definition) is 3. The quantitative estimate of drug-likeness (QED) is 0.871. The molecular weight excluding hydrogens is 257 g/mol. The smallest absolute Gasteiger partial charge is 0.253 e. The monoisotopic (exact) mass is 271 g/mol. The van der Waals surface area contributed by atoms with Crippen LogP contribution < -0.4 is 11.1 Å². The van der Waals surface area contributed by atoms with E-state index in [4.69, 9.17) is 5.73 Å². The second-order valence-corrected chi connectivity index (χ2v) is 4.91. The van der Waals surface area contributed by atoms with E-state index in [-0.39, 0.29) is 23.6 Å². The molecule has 102 valence electrons. The van der Waals surface area contributed by atoms with Gasteiger partial charge in [-0.2, -0.15) is 0 Å². The standard InChI is InChI=1S/C15H14FN3O/c16-11-5-10(7-18-8-11)15(20)19-14-12-4-2-1-3-9(12)6-13(14)17/h1-5,7-8,13-14H,6,17H2,(H,19,20). The molecule has 2 atom stereocenters. The summed E-state index contributed by atoms with van der Waals surface area (Å²) in [7, 11) is 0. The molecule has 0 radical (unpaired) electrons. The highest BCUT2D eigenvalue weighted by atomic mass is 19.1. The summed E-state index contributed by atoms with van der Waals surface area (Å²) >= 11 is 0. The fourth-order valence-corrected chi connectivity index (χ4v) is 2.57. The first kappa shape index (κ1) is 12.7. The van der Waals surface area contributed by atoms with Crippen molar-refractivity contribution >= 4 is 5.91 Å². The summed E-state index contributed by atoms with van der Waals surface area (Å²) < 4.78 is 13.1. The number of aromatic nitrogens is 1. The number of amides is 1. The van der Waals surface area contributed by atoms with Crippen molar-refractivity contribution in [3.05, 3.63) is 65.2 Å². The molecule has 2 aromatic rings. The van der Waals surface area contributed by atoms with E-state index < -0.39 is 5.82 Å². The number of fused-ring (bicyclic) bond motifs is 1. The Balaban J connectivity index is 1.83. The second-order valence-electron chi connectivity index (χ2n) is 4.91. The van der Waals surface area contributed by atoms with Gasteiger partial charge >= 0.3 is 0 Å². The van der Waals surface area contributed by atoms with Crippen LogP contribution in [-0.2, 0) is 6.42 Å². The third kappa shape index (κ3) is 2.28. The Labute approximate surface area is 115 Å². The van der Waals surface area contributed by atoms with Gasteiger partial charge in [0.2, 0.25) is 0 Å². The third-order valence-electron chi connectivity index (χ3n) is 3.53. The summed E-state index contributed by atoms with van der Waals surface area (Å²) in [5.41, 5.74) is 8.44. The molecule has 1 aliphatic rings. The van der Waals surface area contributed by atoms with Crippen LogP contribution in [0.4, 0.5) is 4.39 Å². The molecule has 3 rings (SSSR count). The van der Waals surface area contributed by atoms with Crippen LogP contribution in [-0.4, -0.2) is 16.9 Å². The Bertz CT molecular complexity index is 659. The molecule has 1 aromatic heterocycles. The number of pyridine rings is 1. The zero-order valence-electron chi connectivity index (χ0n) is 10.7. The Kier molecular flexibility index (Phi) is 3.20. The fourth-order valence-electron chi connectivity index (χ4n) is 2.57. The molecule has 0 saturated carbocycles. The molecule has 0 fully saturated rings. The largest absolute Gasteiger partial charge is 0.344 e. The molecule has 0 spiro atoms. The summed E-state index contributed by atoms with van der Waals surface area (Å²) in [6.45, 7) is 0. The number of hydrogen-bond donors (Lipinski definition) is 2. The van der Waals surface area contributed by atoms with Gasteiger partial charge in [0.25, 0.3) is 5.91 Å². The lowest BCUT2D eigenvalue weighted by molar-refractivity contribution is 0.0932. The van der Waals surface area contributed by atoms with E-state index in [1.807, 2.05) is 24.3 Å². The van der Waals surface area contributed by atoms with Crippen LogP contribution in [0.3, 0.4) is 0 Å². The Morgan fingerprint density at radius 3 is 2.95 bits per heavy atom. The van der Waals surface area contributed by atoms with Gasteiger partial charge in [-0.15, -0.1) is 0 Å². The topological polar surface area (TPSA) is 68.0 Å². The molecule has 0 aliphatic heterocycles. The Morgan fingerprint density at radius 1 is 1.35 bits per heavy atom. The maximum Gasteiger partial charge on any atom is 0.253 e. The van der Waals surface area contributed by atoms with Gasteiger partial charge in [0.05, 0.1) is 17.8 Å². The molecule has 1 aliphatic carbocycles. The maximum absolute atomic E-state index is 13.1. The number of carbonyl (C=O) groups is 1. The van der Waals surface area contributed by atoms with Crippen molar-refractivity contribution in [3.8, 4) is 0 Å². The lowest BCUT2D eigenvalue weighted by Gasteiger charge is -2.18. The lowest BCUT2D eigenvalue weighted by Crippen LogP contribution is -2.38. The van der Waals surface area contributed by atoms with Gasteiger partial charge in [-0.3, -0.25) is 9.78 Å². The van der Waals surface area contributed by atoms with Gasteiger partial charge in [-0.05, 0) is 23.6 Å². The number of rotatable bonds is 2. The molecule has 1 amide bonds. The van der Waals surface area contributed by atoms with Crippen molar-refractivity contribution in [2.75, 3.05) is 0 Å². The number of halogens is 1. The van der Waals surface area contributed by atoms with Crippen molar-refractivity contribution in [2.24, 2.45) is 5.73 Å². The fraction of sp³-hybridized carbons (Fsp3) is 0.200. The van der Waals surface area contributed by atoms with Gasteiger partial charge in [0.1, 0.15) is 5.82 Å². The van der Waals surface area contributed by atoms with Gasteiger partial charge in [-0.1, -0.05) is 24.3 Å². The van der Waals surface area contributed by atoms with E-state index in [0.717, 1.165) is 29.8 Å². The Morgan fingerprint density at radius 2 is 2.15 bits per heavy atom. The molecule has 0 bridgehead atoms. The highest BCUT2D eigenvalue weighted by Crippen LogP contribution is 2.30. The minimum Gasteiger partial charge on any atom is -0.344 e. The average molecular weight is 271 g/mol. The van der Waals surface area contributed by atoms with Crippen LogP contribution in [0.5, 0.6) is 0 Å². The number of nitrogens with two attached hydrogens (primary N) is 1. The van der Waals surface area contributed by atoms with Crippen molar-refractivity contribution in [3.63, 3.8) is 0 Å². The lowest BCUT2D eigenvalue weighted by atomic mass is 10.1. The minimum atomic E-state index is -0.534. The number of nitrogens with one attached hydrogen (secondary N) is 1. The average Bonchev–Trinajstić information content (AvgIpc) is 2.75. The number of nitrogens with zero attached hydrogens (tertiary/aromatic N) is 1. The number of carbonyl (C=O) groups excluding carboxylic acids is 1. The molecule has 1 heterocycles. The summed E-state index contributed by atoms with van der Waals surface area (Å²) in [6, 6.07) is 8.57.